The van der Waals surface area contributed by atoms with Crippen molar-refractivity contribution in [3.8, 4) is 0 Å². The molecular weight excluding hydrogens is 260 g/mol. The molecule has 1 unspecified atom stereocenters. The molecular formula is C14H19ClN4. The summed E-state index contributed by atoms with van der Waals surface area (Å²) in [4.78, 5) is 8.79. The Kier molecular flexibility index (Phi) is 4.93. The van der Waals surface area contributed by atoms with Crippen molar-refractivity contribution < 1.29 is 0 Å². The highest BCUT2D eigenvalue weighted by Crippen LogP contribution is 2.17. The highest BCUT2D eigenvalue weighted by Gasteiger charge is 2.15. The molecule has 2 aromatic heterocycles. The summed E-state index contributed by atoms with van der Waals surface area (Å²) < 4.78 is 2.04. The van der Waals surface area contributed by atoms with Crippen LogP contribution in [-0.2, 0) is 13.5 Å². The summed E-state index contributed by atoms with van der Waals surface area (Å²) in [6.07, 6.45) is 7.38. The lowest BCUT2D eigenvalue weighted by atomic mass is 10.1. The number of nitrogens with zero attached hydrogens (tertiary/aromatic N) is 3. The zero-order valence-electron chi connectivity index (χ0n) is 11.3. The van der Waals surface area contributed by atoms with Crippen LogP contribution >= 0.6 is 11.6 Å². The Bertz CT molecular complexity index is 506. The van der Waals surface area contributed by atoms with Crippen LogP contribution in [0.5, 0.6) is 0 Å². The predicted molar refractivity (Wildman–Crippen MR) is 77.2 cm³/mol. The first-order valence-electron chi connectivity index (χ1n) is 6.51. The molecule has 0 aliphatic rings. The third-order valence-corrected chi connectivity index (χ3v) is 3.28. The molecule has 0 aliphatic heterocycles. The molecule has 0 saturated carbocycles. The van der Waals surface area contributed by atoms with Crippen LogP contribution < -0.4 is 5.32 Å². The summed E-state index contributed by atoms with van der Waals surface area (Å²) in [5, 5.41) is 4.17. The van der Waals surface area contributed by atoms with E-state index in [2.05, 4.69) is 22.2 Å². The van der Waals surface area contributed by atoms with E-state index in [1.165, 1.54) is 0 Å². The van der Waals surface area contributed by atoms with Gasteiger partial charge in [0.05, 0.1) is 16.8 Å². The van der Waals surface area contributed by atoms with Crippen molar-refractivity contribution in [2.24, 2.45) is 7.05 Å². The number of hydrogen-bond donors (Lipinski definition) is 1. The number of halogens is 1. The number of aromatic nitrogens is 3. The normalized spacial score (nSPS) is 12.6. The van der Waals surface area contributed by atoms with Gasteiger partial charge >= 0.3 is 0 Å². The first kappa shape index (κ1) is 14.0. The van der Waals surface area contributed by atoms with Crippen LogP contribution in [0.3, 0.4) is 0 Å². The highest BCUT2D eigenvalue weighted by molar-refractivity contribution is 6.30. The number of imidazole rings is 1. The van der Waals surface area contributed by atoms with Crippen LogP contribution in [0.15, 0.2) is 30.7 Å². The lowest BCUT2D eigenvalue weighted by Gasteiger charge is -2.18. The van der Waals surface area contributed by atoms with Crippen molar-refractivity contribution in [3.05, 3.63) is 47.3 Å². The minimum absolute atomic E-state index is 0.165. The van der Waals surface area contributed by atoms with E-state index in [1.807, 2.05) is 36.1 Å². The topological polar surface area (TPSA) is 42.7 Å². The average molecular weight is 279 g/mol. The minimum atomic E-state index is 0.165. The van der Waals surface area contributed by atoms with Crippen molar-refractivity contribution in [2.45, 2.75) is 25.8 Å². The summed E-state index contributed by atoms with van der Waals surface area (Å²) >= 11 is 5.89. The number of aryl methyl sites for hydroxylation is 1. The average Bonchev–Trinajstić information content (AvgIpc) is 2.81. The third-order valence-electron chi connectivity index (χ3n) is 3.06. The quantitative estimate of drug-likeness (QED) is 0.883. The molecule has 2 rings (SSSR count). The van der Waals surface area contributed by atoms with Gasteiger partial charge in [-0.1, -0.05) is 18.5 Å². The molecule has 0 amide bonds. The molecule has 2 heterocycles. The largest absolute Gasteiger partial charge is 0.338 e. The van der Waals surface area contributed by atoms with E-state index in [0.717, 1.165) is 30.9 Å². The van der Waals surface area contributed by atoms with Gasteiger partial charge in [0.1, 0.15) is 5.82 Å². The maximum absolute atomic E-state index is 5.89. The van der Waals surface area contributed by atoms with Gasteiger partial charge < -0.3 is 9.88 Å². The Balaban J connectivity index is 2.15. The molecule has 4 nitrogen and oxygen atoms in total. The molecule has 0 saturated heterocycles. The zero-order valence-corrected chi connectivity index (χ0v) is 12.1. The number of rotatable bonds is 6. The summed E-state index contributed by atoms with van der Waals surface area (Å²) in [6.45, 7) is 3.11. The second-order valence-corrected chi connectivity index (χ2v) is 5.00. The van der Waals surface area contributed by atoms with Gasteiger partial charge in [0.25, 0.3) is 0 Å². The molecule has 0 bridgehead atoms. The van der Waals surface area contributed by atoms with Crippen LogP contribution in [0.1, 0.15) is 30.9 Å². The number of nitrogens with one attached hydrogen (secondary N) is 1. The van der Waals surface area contributed by atoms with Gasteiger partial charge in [-0.05, 0) is 25.1 Å². The highest BCUT2D eigenvalue weighted by atomic mass is 35.5. The van der Waals surface area contributed by atoms with E-state index >= 15 is 0 Å². The van der Waals surface area contributed by atoms with Crippen LogP contribution in [-0.4, -0.2) is 21.1 Å². The first-order valence-corrected chi connectivity index (χ1v) is 6.89. The van der Waals surface area contributed by atoms with Crippen molar-refractivity contribution in [1.29, 1.82) is 0 Å². The van der Waals surface area contributed by atoms with E-state index in [-0.39, 0.29) is 6.04 Å². The molecule has 102 valence electrons. The molecule has 0 fully saturated rings. The van der Waals surface area contributed by atoms with Gasteiger partial charge in [-0.3, -0.25) is 4.98 Å². The van der Waals surface area contributed by atoms with Gasteiger partial charge in [-0.2, -0.15) is 0 Å². The van der Waals surface area contributed by atoms with Crippen LogP contribution in [0.25, 0.3) is 0 Å². The lowest BCUT2D eigenvalue weighted by molar-refractivity contribution is 0.501. The molecule has 2 aromatic rings. The SMILES string of the molecule is CCCNC(Cc1nccn1C)c1ccc(Cl)cn1. The fraction of sp³-hybridized carbons (Fsp3) is 0.429. The van der Waals surface area contributed by atoms with Crippen LogP contribution in [0.2, 0.25) is 5.02 Å². The molecule has 19 heavy (non-hydrogen) atoms. The predicted octanol–water partition coefficient (Wildman–Crippen LogP) is 2.75. The molecule has 0 spiro atoms. The van der Waals surface area contributed by atoms with Gasteiger partial charge in [0.15, 0.2) is 0 Å². The number of hydrogen-bond acceptors (Lipinski definition) is 3. The standard InChI is InChI=1S/C14H19ClN4/c1-3-6-16-13(9-14-17-7-8-19(14)2)12-5-4-11(15)10-18-12/h4-5,7-8,10,13,16H,3,6,9H2,1-2H3. The van der Waals surface area contributed by atoms with Crippen molar-refractivity contribution in [2.75, 3.05) is 6.54 Å². The van der Waals surface area contributed by atoms with Crippen molar-refractivity contribution in [1.82, 2.24) is 19.9 Å². The maximum Gasteiger partial charge on any atom is 0.110 e. The van der Waals surface area contributed by atoms with Crippen LogP contribution in [0, 0.1) is 0 Å². The minimum Gasteiger partial charge on any atom is -0.338 e. The monoisotopic (exact) mass is 278 g/mol. The Morgan fingerprint density at radius 3 is 2.79 bits per heavy atom. The molecule has 1 N–H and O–H groups in total. The summed E-state index contributed by atoms with van der Waals surface area (Å²) in [7, 11) is 2.01. The third kappa shape index (κ3) is 3.78. The van der Waals surface area contributed by atoms with Gasteiger partial charge in [-0.25, -0.2) is 4.98 Å². The van der Waals surface area contributed by atoms with Gasteiger partial charge in [0.2, 0.25) is 0 Å². The smallest absolute Gasteiger partial charge is 0.110 e. The summed E-state index contributed by atoms with van der Waals surface area (Å²) in [5.41, 5.74) is 1.00. The van der Waals surface area contributed by atoms with E-state index in [0.29, 0.717) is 5.02 Å². The van der Waals surface area contributed by atoms with Gasteiger partial charge in [0, 0.05) is 32.1 Å². The van der Waals surface area contributed by atoms with Crippen LogP contribution in [0.4, 0.5) is 0 Å². The maximum atomic E-state index is 5.89. The Hall–Kier alpha value is -1.39. The Morgan fingerprint density at radius 1 is 1.37 bits per heavy atom. The van der Waals surface area contributed by atoms with Crippen molar-refractivity contribution in [3.63, 3.8) is 0 Å². The summed E-state index contributed by atoms with van der Waals surface area (Å²) in [6, 6.07) is 4.01. The summed E-state index contributed by atoms with van der Waals surface area (Å²) in [5.74, 6) is 1.05. The molecule has 1 atom stereocenters. The van der Waals surface area contributed by atoms with E-state index in [1.54, 1.807) is 6.20 Å². The van der Waals surface area contributed by atoms with E-state index in [9.17, 15) is 0 Å². The molecule has 0 aromatic carbocycles. The Morgan fingerprint density at radius 2 is 2.21 bits per heavy atom. The lowest BCUT2D eigenvalue weighted by Crippen LogP contribution is -2.26. The van der Waals surface area contributed by atoms with E-state index in [4.69, 9.17) is 11.6 Å². The molecule has 0 radical (unpaired) electrons. The molecule has 5 heteroatoms. The first-order chi connectivity index (χ1) is 9.20. The zero-order chi connectivity index (χ0) is 13.7. The van der Waals surface area contributed by atoms with Gasteiger partial charge in [-0.15, -0.1) is 0 Å². The van der Waals surface area contributed by atoms with E-state index < -0.39 is 0 Å². The Labute approximate surface area is 118 Å². The fourth-order valence-corrected chi connectivity index (χ4v) is 2.08. The fourth-order valence-electron chi connectivity index (χ4n) is 1.97. The molecule has 0 aliphatic carbocycles. The number of pyridine rings is 1. The van der Waals surface area contributed by atoms with Crippen molar-refractivity contribution >= 4 is 11.6 Å². The second kappa shape index (κ2) is 6.68. The second-order valence-electron chi connectivity index (χ2n) is 4.57.